The summed E-state index contributed by atoms with van der Waals surface area (Å²) in [6.07, 6.45) is 3.62. The Morgan fingerprint density at radius 2 is 2.22 bits per heavy atom. The summed E-state index contributed by atoms with van der Waals surface area (Å²) in [5, 5.41) is 2.78. The summed E-state index contributed by atoms with van der Waals surface area (Å²) in [5.74, 6) is -0.399. The molecule has 1 aromatic carbocycles. The molecule has 2 rings (SSSR count). The molecule has 1 aliphatic carbocycles. The van der Waals surface area contributed by atoms with Crippen molar-refractivity contribution in [1.29, 1.82) is 0 Å². The third-order valence-corrected chi connectivity index (χ3v) is 4.19. The first kappa shape index (κ1) is 13.5. The van der Waals surface area contributed by atoms with Gasteiger partial charge in [-0.3, -0.25) is 4.79 Å². The molecule has 0 spiro atoms. The minimum absolute atomic E-state index is 0.0126. The normalized spacial score (nSPS) is 17.1. The van der Waals surface area contributed by atoms with E-state index in [9.17, 15) is 9.18 Å². The van der Waals surface area contributed by atoms with E-state index in [1.807, 2.05) is 0 Å². The molecule has 98 valence electrons. The summed E-state index contributed by atoms with van der Waals surface area (Å²) >= 11 is 3.09. The lowest BCUT2D eigenvalue weighted by atomic mass is 9.66. The molecule has 1 aromatic rings. The van der Waals surface area contributed by atoms with Crippen molar-refractivity contribution in [2.24, 2.45) is 11.1 Å². The zero-order chi connectivity index (χ0) is 13.2. The van der Waals surface area contributed by atoms with Gasteiger partial charge in [0.15, 0.2) is 0 Å². The van der Waals surface area contributed by atoms with Crippen LogP contribution in [0.15, 0.2) is 22.7 Å². The fourth-order valence-corrected chi connectivity index (χ4v) is 2.63. The van der Waals surface area contributed by atoms with Crippen LogP contribution in [0.4, 0.5) is 10.1 Å². The maximum atomic E-state index is 13.0. The van der Waals surface area contributed by atoms with Crippen LogP contribution in [0, 0.1) is 11.2 Å². The van der Waals surface area contributed by atoms with E-state index < -0.39 is 0 Å². The number of halogens is 2. The first-order valence-corrected chi connectivity index (χ1v) is 6.79. The van der Waals surface area contributed by atoms with Gasteiger partial charge in [-0.05, 0) is 58.9 Å². The average molecular weight is 315 g/mol. The predicted octanol–water partition coefficient (Wildman–Crippen LogP) is 3.05. The quantitative estimate of drug-likeness (QED) is 0.897. The van der Waals surface area contributed by atoms with E-state index in [4.69, 9.17) is 5.73 Å². The molecule has 5 heteroatoms. The van der Waals surface area contributed by atoms with Gasteiger partial charge in [0.05, 0.1) is 4.47 Å². The highest BCUT2D eigenvalue weighted by molar-refractivity contribution is 9.10. The lowest BCUT2D eigenvalue weighted by Gasteiger charge is -2.40. The van der Waals surface area contributed by atoms with E-state index in [2.05, 4.69) is 21.2 Å². The average Bonchev–Trinajstić information content (AvgIpc) is 2.29. The molecule has 0 atom stereocenters. The number of amides is 1. The Labute approximate surface area is 114 Å². The fraction of sp³-hybridized carbons (Fsp3) is 0.462. The van der Waals surface area contributed by atoms with E-state index >= 15 is 0 Å². The smallest absolute Gasteiger partial charge is 0.224 e. The van der Waals surface area contributed by atoms with Crippen molar-refractivity contribution in [3.63, 3.8) is 0 Å². The standard InChI is InChI=1S/C13H16BrFN2O/c14-10-6-9(2-3-11(10)15)17-12(18)7-13(8-16)4-1-5-13/h2-3,6H,1,4-5,7-8,16H2,(H,17,18). The third-order valence-electron chi connectivity index (χ3n) is 3.59. The molecular formula is C13H16BrFN2O. The molecule has 0 radical (unpaired) electrons. The summed E-state index contributed by atoms with van der Waals surface area (Å²) in [4.78, 5) is 11.9. The molecule has 3 N–H and O–H groups in total. The first-order valence-electron chi connectivity index (χ1n) is 6.00. The van der Waals surface area contributed by atoms with E-state index in [1.165, 1.54) is 6.07 Å². The largest absolute Gasteiger partial charge is 0.330 e. The molecule has 0 unspecified atom stereocenters. The van der Waals surface area contributed by atoms with E-state index in [-0.39, 0.29) is 17.1 Å². The van der Waals surface area contributed by atoms with Gasteiger partial charge in [-0.1, -0.05) is 6.42 Å². The molecule has 0 aliphatic heterocycles. The van der Waals surface area contributed by atoms with Gasteiger partial charge in [0, 0.05) is 12.1 Å². The number of hydrogen-bond donors (Lipinski definition) is 2. The molecule has 1 fully saturated rings. The number of nitrogens with one attached hydrogen (secondary N) is 1. The molecular weight excluding hydrogens is 299 g/mol. The van der Waals surface area contributed by atoms with Gasteiger partial charge in [-0.25, -0.2) is 4.39 Å². The van der Waals surface area contributed by atoms with Crippen LogP contribution < -0.4 is 11.1 Å². The van der Waals surface area contributed by atoms with Gasteiger partial charge in [-0.2, -0.15) is 0 Å². The van der Waals surface area contributed by atoms with Gasteiger partial charge in [-0.15, -0.1) is 0 Å². The fourth-order valence-electron chi connectivity index (χ4n) is 2.25. The molecule has 0 bridgehead atoms. The van der Waals surface area contributed by atoms with Crippen molar-refractivity contribution in [2.45, 2.75) is 25.7 Å². The van der Waals surface area contributed by atoms with Crippen LogP contribution in [0.3, 0.4) is 0 Å². The van der Waals surface area contributed by atoms with E-state index in [0.29, 0.717) is 23.1 Å². The summed E-state index contributed by atoms with van der Waals surface area (Å²) in [5.41, 5.74) is 6.30. The van der Waals surface area contributed by atoms with Crippen LogP contribution in [0.1, 0.15) is 25.7 Å². The minimum Gasteiger partial charge on any atom is -0.330 e. The van der Waals surface area contributed by atoms with Crippen LogP contribution >= 0.6 is 15.9 Å². The number of nitrogens with two attached hydrogens (primary N) is 1. The second kappa shape index (κ2) is 5.36. The van der Waals surface area contributed by atoms with Gasteiger partial charge >= 0.3 is 0 Å². The van der Waals surface area contributed by atoms with Crippen LogP contribution in [-0.4, -0.2) is 12.5 Å². The SMILES string of the molecule is NCC1(CC(=O)Nc2ccc(F)c(Br)c2)CCC1. The Morgan fingerprint density at radius 3 is 2.72 bits per heavy atom. The molecule has 18 heavy (non-hydrogen) atoms. The van der Waals surface area contributed by atoms with Crippen LogP contribution in [0.5, 0.6) is 0 Å². The number of carbonyl (C=O) groups is 1. The highest BCUT2D eigenvalue weighted by Gasteiger charge is 2.37. The minimum atomic E-state index is -0.342. The maximum absolute atomic E-state index is 13.0. The van der Waals surface area contributed by atoms with Gasteiger partial charge < -0.3 is 11.1 Å². The lowest BCUT2D eigenvalue weighted by Crippen LogP contribution is -2.40. The monoisotopic (exact) mass is 314 g/mol. The van der Waals surface area contributed by atoms with E-state index in [1.54, 1.807) is 12.1 Å². The Hall–Kier alpha value is -0.940. The van der Waals surface area contributed by atoms with E-state index in [0.717, 1.165) is 19.3 Å². The molecule has 1 aliphatic rings. The van der Waals surface area contributed by atoms with Gasteiger partial charge in [0.2, 0.25) is 5.91 Å². The summed E-state index contributed by atoms with van der Waals surface area (Å²) in [6, 6.07) is 4.43. The van der Waals surface area contributed by atoms with Crippen LogP contribution in [0.25, 0.3) is 0 Å². The Kier molecular flexibility index (Phi) is 4.02. The predicted molar refractivity (Wildman–Crippen MR) is 72.7 cm³/mol. The highest BCUT2D eigenvalue weighted by atomic mass is 79.9. The maximum Gasteiger partial charge on any atom is 0.224 e. The first-order chi connectivity index (χ1) is 8.54. The number of benzene rings is 1. The Balaban J connectivity index is 1.96. The zero-order valence-corrected chi connectivity index (χ0v) is 11.6. The summed E-state index contributed by atoms with van der Waals surface area (Å²) in [6.45, 7) is 0.549. The molecule has 3 nitrogen and oxygen atoms in total. The number of hydrogen-bond acceptors (Lipinski definition) is 2. The number of carbonyl (C=O) groups excluding carboxylic acids is 1. The summed E-state index contributed by atoms with van der Waals surface area (Å²) < 4.78 is 13.4. The molecule has 1 saturated carbocycles. The van der Waals surface area contributed by atoms with Crippen molar-refractivity contribution in [1.82, 2.24) is 0 Å². The number of anilines is 1. The second-order valence-electron chi connectivity index (χ2n) is 4.91. The summed E-state index contributed by atoms with van der Waals surface area (Å²) in [7, 11) is 0. The molecule has 1 amide bonds. The zero-order valence-electron chi connectivity index (χ0n) is 10.0. The van der Waals surface area contributed by atoms with Crippen molar-refractivity contribution in [3.8, 4) is 0 Å². The van der Waals surface area contributed by atoms with Crippen molar-refractivity contribution in [2.75, 3.05) is 11.9 Å². The van der Waals surface area contributed by atoms with Crippen LogP contribution in [0.2, 0.25) is 0 Å². The third kappa shape index (κ3) is 2.90. The second-order valence-corrected chi connectivity index (χ2v) is 5.77. The number of rotatable bonds is 4. The Morgan fingerprint density at radius 1 is 1.50 bits per heavy atom. The Bertz CT molecular complexity index is 455. The van der Waals surface area contributed by atoms with Crippen molar-refractivity contribution in [3.05, 3.63) is 28.5 Å². The molecule has 0 aromatic heterocycles. The van der Waals surface area contributed by atoms with Gasteiger partial charge in [0.25, 0.3) is 0 Å². The molecule has 0 saturated heterocycles. The van der Waals surface area contributed by atoms with Gasteiger partial charge in [0.1, 0.15) is 5.82 Å². The van der Waals surface area contributed by atoms with Crippen molar-refractivity contribution >= 4 is 27.5 Å². The van der Waals surface area contributed by atoms with Crippen LogP contribution in [-0.2, 0) is 4.79 Å². The lowest BCUT2D eigenvalue weighted by molar-refractivity contribution is -0.119. The molecule has 0 heterocycles. The highest BCUT2D eigenvalue weighted by Crippen LogP contribution is 2.43. The topological polar surface area (TPSA) is 55.1 Å². The van der Waals surface area contributed by atoms with Crippen molar-refractivity contribution < 1.29 is 9.18 Å².